The van der Waals surface area contributed by atoms with Gasteiger partial charge in [0.05, 0.1) is 0 Å². The van der Waals surface area contributed by atoms with Crippen LogP contribution in [0.5, 0.6) is 0 Å². The molecule has 7 heteroatoms. The third kappa shape index (κ3) is 1.59. The van der Waals surface area contributed by atoms with Crippen molar-refractivity contribution in [2.75, 3.05) is 0 Å². The van der Waals surface area contributed by atoms with Gasteiger partial charge in [-0.15, -0.1) is 0 Å². The molecule has 2 aromatic heterocycles. The van der Waals surface area contributed by atoms with Crippen LogP contribution in [0, 0.1) is 0 Å². The molecule has 2 rings (SSSR count). The maximum Gasteiger partial charge on any atom is 0.332 e. The smallest absolute Gasteiger partial charge is 0.313 e. The molecule has 0 bridgehead atoms. The molecule has 2 aromatic rings. The van der Waals surface area contributed by atoms with E-state index in [0.29, 0.717) is 5.69 Å². The summed E-state index contributed by atoms with van der Waals surface area (Å²) in [7, 11) is 2.87. The molecule has 0 saturated carbocycles. The Hall–Kier alpha value is -2.18. The minimum absolute atomic E-state index is 0.0500. The molecule has 0 spiro atoms. The van der Waals surface area contributed by atoms with E-state index in [1.165, 1.54) is 18.7 Å². The van der Waals surface area contributed by atoms with E-state index in [0.717, 1.165) is 4.57 Å². The highest BCUT2D eigenvalue weighted by Gasteiger charge is 2.14. The second kappa shape index (κ2) is 3.94. The van der Waals surface area contributed by atoms with Gasteiger partial charge in [0.15, 0.2) is 11.2 Å². The molecule has 0 unspecified atom stereocenters. The van der Waals surface area contributed by atoms with Crippen LogP contribution in [0.25, 0.3) is 11.2 Å². The lowest BCUT2D eigenvalue weighted by atomic mass is 10.1. The molecule has 0 saturated heterocycles. The van der Waals surface area contributed by atoms with Crippen molar-refractivity contribution in [1.82, 2.24) is 19.1 Å². The molecule has 18 heavy (non-hydrogen) atoms. The van der Waals surface area contributed by atoms with Crippen molar-refractivity contribution >= 4 is 11.2 Å². The van der Waals surface area contributed by atoms with Crippen LogP contribution in [0.15, 0.2) is 14.4 Å². The Labute approximate surface area is 102 Å². The van der Waals surface area contributed by atoms with Gasteiger partial charge in [-0.25, -0.2) is 9.78 Å². The molecule has 7 nitrogen and oxygen atoms in total. The van der Waals surface area contributed by atoms with Crippen molar-refractivity contribution < 1.29 is 0 Å². The van der Waals surface area contributed by atoms with E-state index < -0.39 is 16.8 Å². The number of aromatic amines is 1. The molecule has 0 fully saturated rings. The molecular formula is C11H14N4O3. The lowest BCUT2D eigenvalue weighted by Gasteiger charge is -2.09. The average Bonchev–Trinajstić information content (AvgIpc) is 2.33. The number of aryl methyl sites for hydroxylation is 1. The summed E-state index contributed by atoms with van der Waals surface area (Å²) in [5.41, 5.74) is -0.853. The van der Waals surface area contributed by atoms with Crippen LogP contribution in [0.1, 0.15) is 25.5 Å². The number of rotatable bonds is 1. The van der Waals surface area contributed by atoms with Gasteiger partial charge in [-0.3, -0.25) is 18.7 Å². The number of hydrogen-bond donors (Lipinski definition) is 1. The molecule has 0 atom stereocenters. The number of hydrogen-bond acceptors (Lipinski definition) is 4. The Morgan fingerprint density at radius 3 is 2.28 bits per heavy atom. The normalized spacial score (nSPS) is 11.4. The molecule has 0 aliphatic carbocycles. The zero-order valence-electron chi connectivity index (χ0n) is 10.6. The van der Waals surface area contributed by atoms with Gasteiger partial charge in [-0.05, 0) is 0 Å². The lowest BCUT2D eigenvalue weighted by molar-refractivity contribution is 0.696. The first-order valence-corrected chi connectivity index (χ1v) is 5.54. The fraction of sp³-hybridized carbons (Fsp3) is 0.455. The maximum atomic E-state index is 11.9. The van der Waals surface area contributed by atoms with Gasteiger partial charge < -0.3 is 4.98 Å². The first-order chi connectivity index (χ1) is 8.34. The molecule has 0 aromatic carbocycles. The Kier molecular flexibility index (Phi) is 2.68. The zero-order chi connectivity index (χ0) is 13.6. The van der Waals surface area contributed by atoms with Gasteiger partial charge in [-0.2, -0.15) is 0 Å². The van der Waals surface area contributed by atoms with Crippen LogP contribution in [-0.2, 0) is 14.1 Å². The summed E-state index contributed by atoms with van der Waals surface area (Å²) < 4.78 is 2.19. The van der Waals surface area contributed by atoms with Crippen molar-refractivity contribution in [3.8, 4) is 0 Å². The summed E-state index contributed by atoms with van der Waals surface area (Å²) in [6.45, 7) is 3.64. The molecule has 0 amide bonds. The molecule has 0 radical (unpaired) electrons. The van der Waals surface area contributed by atoms with E-state index in [9.17, 15) is 14.4 Å². The Bertz CT molecular complexity index is 795. The maximum absolute atomic E-state index is 11.9. The standard InChI is InChI=1S/C11H14N4O3/c1-5(2)6-9(16)13-7-8(12-6)14(3)11(18)15(4)10(7)17/h5H,1-4H3,(H,13,16). The van der Waals surface area contributed by atoms with Gasteiger partial charge >= 0.3 is 5.69 Å². The van der Waals surface area contributed by atoms with Crippen molar-refractivity contribution in [3.63, 3.8) is 0 Å². The minimum Gasteiger partial charge on any atom is -0.313 e. The third-order valence-corrected chi connectivity index (χ3v) is 2.88. The van der Waals surface area contributed by atoms with Crippen LogP contribution in [0.3, 0.4) is 0 Å². The van der Waals surface area contributed by atoms with Crippen molar-refractivity contribution in [1.29, 1.82) is 0 Å². The summed E-state index contributed by atoms with van der Waals surface area (Å²) in [4.78, 5) is 42.1. The quantitative estimate of drug-likeness (QED) is 0.735. The van der Waals surface area contributed by atoms with Gasteiger partial charge in [0.25, 0.3) is 11.1 Å². The summed E-state index contributed by atoms with van der Waals surface area (Å²) in [6.07, 6.45) is 0. The average molecular weight is 250 g/mol. The monoisotopic (exact) mass is 250 g/mol. The van der Waals surface area contributed by atoms with Crippen molar-refractivity contribution in [3.05, 3.63) is 36.9 Å². The van der Waals surface area contributed by atoms with Crippen LogP contribution in [0.2, 0.25) is 0 Å². The van der Waals surface area contributed by atoms with E-state index in [-0.39, 0.29) is 17.1 Å². The Morgan fingerprint density at radius 1 is 1.11 bits per heavy atom. The van der Waals surface area contributed by atoms with E-state index in [1.54, 1.807) is 0 Å². The molecule has 0 aliphatic heterocycles. The molecule has 1 N–H and O–H groups in total. The van der Waals surface area contributed by atoms with Crippen LogP contribution in [-0.4, -0.2) is 19.1 Å². The van der Waals surface area contributed by atoms with Gasteiger partial charge in [0, 0.05) is 20.0 Å². The predicted octanol–water partition coefficient (Wildman–Crippen LogP) is -0.556. The fourth-order valence-corrected chi connectivity index (χ4v) is 1.81. The molecule has 2 heterocycles. The minimum atomic E-state index is -0.548. The second-order valence-electron chi connectivity index (χ2n) is 4.51. The fourth-order valence-electron chi connectivity index (χ4n) is 1.81. The zero-order valence-corrected chi connectivity index (χ0v) is 10.6. The summed E-state index contributed by atoms with van der Waals surface area (Å²) >= 11 is 0. The van der Waals surface area contributed by atoms with Crippen LogP contribution >= 0.6 is 0 Å². The second-order valence-corrected chi connectivity index (χ2v) is 4.51. The third-order valence-electron chi connectivity index (χ3n) is 2.88. The van der Waals surface area contributed by atoms with E-state index in [4.69, 9.17) is 0 Å². The molecule has 96 valence electrons. The van der Waals surface area contributed by atoms with Gasteiger partial charge in [0.1, 0.15) is 5.69 Å². The number of nitrogens with one attached hydrogen (secondary N) is 1. The number of aromatic nitrogens is 4. The van der Waals surface area contributed by atoms with Crippen LogP contribution < -0.4 is 16.8 Å². The highest BCUT2D eigenvalue weighted by atomic mass is 16.2. The van der Waals surface area contributed by atoms with Gasteiger partial charge in [0.2, 0.25) is 0 Å². The first kappa shape index (κ1) is 12.3. The highest BCUT2D eigenvalue weighted by molar-refractivity contribution is 5.68. The largest absolute Gasteiger partial charge is 0.332 e. The highest BCUT2D eigenvalue weighted by Crippen LogP contribution is 2.08. The molecule has 0 aliphatic rings. The van der Waals surface area contributed by atoms with E-state index in [1.807, 2.05) is 13.8 Å². The number of H-pyrrole nitrogens is 1. The Morgan fingerprint density at radius 2 is 1.72 bits per heavy atom. The summed E-state index contributed by atoms with van der Waals surface area (Å²) in [5.74, 6) is -0.0858. The van der Waals surface area contributed by atoms with E-state index in [2.05, 4.69) is 9.97 Å². The SMILES string of the molecule is CC(C)c1nc2c([nH]c1=O)c(=O)n(C)c(=O)n2C. The van der Waals surface area contributed by atoms with Crippen molar-refractivity contribution in [2.45, 2.75) is 19.8 Å². The number of fused-ring (bicyclic) bond motifs is 1. The summed E-state index contributed by atoms with van der Waals surface area (Å²) in [6, 6.07) is 0. The Balaban J connectivity index is 3.09. The van der Waals surface area contributed by atoms with Gasteiger partial charge in [-0.1, -0.05) is 13.8 Å². The summed E-state index contributed by atoms with van der Waals surface area (Å²) in [5, 5.41) is 0. The molecular weight excluding hydrogens is 236 g/mol. The van der Waals surface area contributed by atoms with Crippen molar-refractivity contribution in [2.24, 2.45) is 14.1 Å². The number of nitrogens with zero attached hydrogens (tertiary/aromatic N) is 3. The predicted molar refractivity (Wildman–Crippen MR) is 66.9 cm³/mol. The van der Waals surface area contributed by atoms with E-state index >= 15 is 0 Å². The lowest BCUT2D eigenvalue weighted by Crippen LogP contribution is -2.39. The first-order valence-electron chi connectivity index (χ1n) is 5.54. The van der Waals surface area contributed by atoms with Crippen LogP contribution in [0.4, 0.5) is 0 Å². The topological polar surface area (TPSA) is 89.8 Å².